The number of hydrogen-bond donors (Lipinski definition) is 0. The van der Waals surface area contributed by atoms with Crippen LogP contribution in [0.5, 0.6) is 11.5 Å². The molecule has 0 atom stereocenters. The van der Waals surface area contributed by atoms with Crippen LogP contribution in [0.25, 0.3) is 0 Å². The van der Waals surface area contributed by atoms with E-state index >= 15 is 0 Å². The number of carbonyl (C=O) groups excluding carboxylic acids is 2. The van der Waals surface area contributed by atoms with E-state index in [1.165, 1.54) is 0 Å². The molecule has 0 unspecified atom stereocenters. The van der Waals surface area contributed by atoms with Crippen molar-refractivity contribution < 1.29 is 23.8 Å². The largest absolute Gasteiger partial charge is 0.497 e. The second kappa shape index (κ2) is 8.13. The number of hydrogen-bond acceptors (Lipinski definition) is 5. The Labute approximate surface area is 172 Å². The normalized spacial score (nSPS) is 18.9. The van der Waals surface area contributed by atoms with Crippen LogP contribution in [0, 0.1) is 0 Å². The van der Waals surface area contributed by atoms with E-state index in [9.17, 15) is 9.59 Å². The SMILES string of the molecule is COc1ccc(CN2CC3(CCCC3)N(C(=O)OC(C)(C)C)CC2=O)c(OC)c1. The van der Waals surface area contributed by atoms with Gasteiger partial charge in [-0.2, -0.15) is 0 Å². The molecule has 2 fully saturated rings. The maximum Gasteiger partial charge on any atom is 0.411 e. The molecule has 1 aromatic rings. The molecule has 2 aliphatic rings. The lowest BCUT2D eigenvalue weighted by Crippen LogP contribution is -2.65. The topological polar surface area (TPSA) is 68.3 Å². The predicted molar refractivity (Wildman–Crippen MR) is 109 cm³/mol. The molecule has 1 aliphatic carbocycles. The first-order valence-corrected chi connectivity index (χ1v) is 10.2. The van der Waals surface area contributed by atoms with Crippen LogP contribution in [-0.4, -0.2) is 60.2 Å². The number of rotatable bonds is 4. The van der Waals surface area contributed by atoms with E-state index in [1.807, 2.05) is 43.9 Å². The van der Waals surface area contributed by atoms with Crippen molar-refractivity contribution in [1.82, 2.24) is 9.80 Å². The van der Waals surface area contributed by atoms with Crippen molar-refractivity contribution in [2.45, 2.75) is 64.1 Å². The van der Waals surface area contributed by atoms with Crippen LogP contribution in [0.1, 0.15) is 52.0 Å². The Hall–Kier alpha value is -2.44. The standard InChI is InChI=1S/C22H32N2O5/c1-21(2,3)29-20(26)24-14-19(25)23(15-22(24)10-6-7-11-22)13-16-8-9-17(27-4)12-18(16)28-5/h8-9,12H,6-7,10-11,13-15H2,1-5H3. The molecule has 1 aromatic carbocycles. The Morgan fingerprint density at radius 3 is 2.41 bits per heavy atom. The minimum Gasteiger partial charge on any atom is -0.497 e. The Kier molecular flexibility index (Phi) is 5.96. The highest BCUT2D eigenvalue weighted by molar-refractivity contribution is 5.84. The number of piperazine rings is 1. The summed E-state index contributed by atoms with van der Waals surface area (Å²) in [5.74, 6) is 1.32. The van der Waals surface area contributed by atoms with Gasteiger partial charge in [-0.15, -0.1) is 0 Å². The highest BCUT2D eigenvalue weighted by Crippen LogP contribution is 2.40. The molecule has 160 valence electrons. The fourth-order valence-electron chi connectivity index (χ4n) is 4.30. The third-order valence-electron chi connectivity index (χ3n) is 5.71. The van der Waals surface area contributed by atoms with Crippen molar-refractivity contribution in [1.29, 1.82) is 0 Å². The summed E-state index contributed by atoms with van der Waals surface area (Å²) in [4.78, 5) is 29.3. The van der Waals surface area contributed by atoms with E-state index in [2.05, 4.69) is 0 Å². The van der Waals surface area contributed by atoms with Crippen molar-refractivity contribution in [2.24, 2.45) is 0 Å². The van der Waals surface area contributed by atoms with E-state index < -0.39 is 11.7 Å². The zero-order valence-electron chi connectivity index (χ0n) is 18.1. The Balaban J connectivity index is 1.82. The molecule has 29 heavy (non-hydrogen) atoms. The van der Waals surface area contributed by atoms with Gasteiger partial charge in [0.05, 0.1) is 19.8 Å². The van der Waals surface area contributed by atoms with Gasteiger partial charge in [-0.05, 0) is 45.7 Å². The maximum absolute atomic E-state index is 13.0. The summed E-state index contributed by atoms with van der Waals surface area (Å²) in [6.45, 7) is 6.55. The van der Waals surface area contributed by atoms with Crippen molar-refractivity contribution in [3.63, 3.8) is 0 Å². The molecule has 7 nitrogen and oxygen atoms in total. The summed E-state index contributed by atoms with van der Waals surface area (Å²) in [5, 5.41) is 0. The molecule has 7 heteroatoms. The lowest BCUT2D eigenvalue weighted by Gasteiger charge is -2.48. The molecule has 1 saturated heterocycles. The summed E-state index contributed by atoms with van der Waals surface area (Å²) in [5.41, 5.74) is -0.0239. The first-order chi connectivity index (χ1) is 13.7. The monoisotopic (exact) mass is 404 g/mol. The molecular formula is C22H32N2O5. The van der Waals surface area contributed by atoms with Gasteiger partial charge in [0, 0.05) is 24.7 Å². The van der Waals surface area contributed by atoms with Gasteiger partial charge in [0.2, 0.25) is 5.91 Å². The van der Waals surface area contributed by atoms with E-state index in [0.29, 0.717) is 24.6 Å². The van der Waals surface area contributed by atoms with E-state index in [-0.39, 0.29) is 18.0 Å². The number of methoxy groups -OCH3 is 2. The second-order valence-corrected chi connectivity index (χ2v) is 8.93. The van der Waals surface area contributed by atoms with E-state index in [1.54, 1.807) is 19.1 Å². The molecule has 1 heterocycles. The lowest BCUT2D eigenvalue weighted by molar-refractivity contribution is -0.143. The number of ether oxygens (including phenoxy) is 3. The molecule has 0 aromatic heterocycles. The van der Waals surface area contributed by atoms with Gasteiger partial charge < -0.3 is 19.1 Å². The lowest BCUT2D eigenvalue weighted by atomic mass is 9.91. The Bertz CT molecular complexity index is 765. The van der Waals surface area contributed by atoms with E-state index in [0.717, 1.165) is 31.2 Å². The van der Waals surface area contributed by atoms with Gasteiger partial charge in [0.25, 0.3) is 0 Å². The zero-order chi connectivity index (χ0) is 21.2. The average Bonchev–Trinajstić information content (AvgIpc) is 3.12. The summed E-state index contributed by atoms with van der Waals surface area (Å²) in [7, 11) is 3.22. The van der Waals surface area contributed by atoms with E-state index in [4.69, 9.17) is 14.2 Å². The van der Waals surface area contributed by atoms with Crippen molar-refractivity contribution in [3.05, 3.63) is 23.8 Å². The van der Waals surface area contributed by atoms with Gasteiger partial charge >= 0.3 is 6.09 Å². The fraction of sp³-hybridized carbons (Fsp3) is 0.636. The molecule has 1 spiro atoms. The average molecular weight is 405 g/mol. The van der Waals surface area contributed by atoms with Gasteiger partial charge in [0.15, 0.2) is 0 Å². The zero-order valence-corrected chi connectivity index (χ0v) is 18.1. The summed E-state index contributed by atoms with van der Waals surface area (Å²) >= 11 is 0. The Morgan fingerprint density at radius 1 is 1.14 bits per heavy atom. The van der Waals surface area contributed by atoms with Crippen LogP contribution in [0.2, 0.25) is 0 Å². The van der Waals surface area contributed by atoms with Crippen LogP contribution < -0.4 is 9.47 Å². The minimum absolute atomic E-state index is 0.0490. The molecule has 0 N–H and O–H groups in total. The van der Waals surface area contributed by atoms with Gasteiger partial charge in [-0.25, -0.2) is 4.79 Å². The third kappa shape index (κ3) is 4.60. The predicted octanol–water partition coefficient (Wildman–Crippen LogP) is 3.60. The quantitative estimate of drug-likeness (QED) is 0.767. The van der Waals surface area contributed by atoms with Gasteiger partial charge in [-0.1, -0.05) is 12.8 Å². The van der Waals surface area contributed by atoms with Crippen LogP contribution in [0.4, 0.5) is 4.79 Å². The molecular weight excluding hydrogens is 372 g/mol. The molecule has 0 bridgehead atoms. The first kappa shape index (κ1) is 21.3. The molecule has 2 amide bonds. The third-order valence-corrected chi connectivity index (χ3v) is 5.71. The fourth-order valence-corrected chi connectivity index (χ4v) is 4.30. The van der Waals surface area contributed by atoms with Crippen LogP contribution in [0.3, 0.4) is 0 Å². The van der Waals surface area contributed by atoms with Gasteiger partial charge in [-0.3, -0.25) is 9.69 Å². The van der Waals surface area contributed by atoms with Crippen LogP contribution >= 0.6 is 0 Å². The summed E-state index contributed by atoms with van der Waals surface area (Å²) in [6, 6.07) is 5.61. The molecule has 1 saturated carbocycles. The first-order valence-electron chi connectivity index (χ1n) is 10.2. The number of amides is 2. The smallest absolute Gasteiger partial charge is 0.411 e. The van der Waals surface area contributed by atoms with Crippen molar-refractivity contribution in [3.8, 4) is 11.5 Å². The molecule has 1 aliphatic heterocycles. The molecule has 3 rings (SSSR count). The van der Waals surface area contributed by atoms with Crippen molar-refractivity contribution >= 4 is 12.0 Å². The van der Waals surface area contributed by atoms with Crippen molar-refractivity contribution in [2.75, 3.05) is 27.3 Å². The summed E-state index contributed by atoms with van der Waals surface area (Å²) in [6.07, 6.45) is 3.47. The number of carbonyl (C=O) groups is 2. The number of nitrogens with zero attached hydrogens (tertiary/aromatic N) is 2. The molecule has 0 radical (unpaired) electrons. The Morgan fingerprint density at radius 2 is 1.83 bits per heavy atom. The number of benzene rings is 1. The van der Waals surface area contributed by atoms with Crippen LogP contribution in [0.15, 0.2) is 18.2 Å². The second-order valence-electron chi connectivity index (χ2n) is 8.93. The highest BCUT2D eigenvalue weighted by Gasteiger charge is 2.49. The minimum atomic E-state index is -0.590. The highest BCUT2D eigenvalue weighted by atomic mass is 16.6. The summed E-state index contributed by atoms with van der Waals surface area (Å²) < 4.78 is 16.4. The van der Waals surface area contributed by atoms with Gasteiger partial charge in [0.1, 0.15) is 23.6 Å². The van der Waals surface area contributed by atoms with Crippen LogP contribution in [-0.2, 0) is 16.1 Å². The maximum atomic E-state index is 13.0.